The van der Waals surface area contributed by atoms with E-state index in [0.29, 0.717) is 5.02 Å². The number of rotatable bonds is 5. The van der Waals surface area contributed by atoms with Crippen molar-refractivity contribution in [1.82, 2.24) is 0 Å². The molecule has 2 aromatic rings. The van der Waals surface area contributed by atoms with Crippen LogP contribution in [0.1, 0.15) is 11.1 Å². The van der Waals surface area contributed by atoms with E-state index in [-0.39, 0.29) is 12.8 Å². The van der Waals surface area contributed by atoms with E-state index >= 15 is 0 Å². The smallest absolute Gasteiger partial charge is 0.307 e. The summed E-state index contributed by atoms with van der Waals surface area (Å²) in [7, 11) is 1.58. The van der Waals surface area contributed by atoms with Gasteiger partial charge in [0.25, 0.3) is 0 Å². The Hall–Kier alpha value is -2.53. The van der Waals surface area contributed by atoms with Crippen LogP contribution in [0, 0.1) is 0 Å². The van der Waals surface area contributed by atoms with Gasteiger partial charge in [0, 0.05) is 5.02 Å². The van der Waals surface area contributed by atoms with Gasteiger partial charge < -0.3 is 14.9 Å². The molecule has 0 saturated carbocycles. The lowest BCUT2D eigenvalue weighted by Crippen LogP contribution is -1.99. The minimum absolute atomic E-state index is 0.0527. The van der Waals surface area contributed by atoms with Crippen molar-refractivity contribution in [3.8, 4) is 5.75 Å². The molecule has 2 N–H and O–H groups in total. The third-order valence-electron chi connectivity index (χ3n) is 2.78. The molecule has 0 amide bonds. The molecule has 2 rings (SSSR count). The first-order valence-corrected chi connectivity index (χ1v) is 7.09. The van der Waals surface area contributed by atoms with Crippen LogP contribution in [0.5, 0.6) is 5.75 Å². The first-order chi connectivity index (χ1) is 10.9. The number of halogens is 1. The van der Waals surface area contributed by atoms with Crippen molar-refractivity contribution in [2.75, 3.05) is 7.11 Å². The molecule has 0 bridgehead atoms. The second-order valence-corrected chi connectivity index (χ2v) is 5.05. The molecule has 23 heavy (non-hydrogen) atoms. The zero-order valence-corrected chi connectivity index (χ0v) is 13.3. The van der Waals surface area contributed by atoms with E-state index < -0.39 is 11.9 Å². The van der Waals surface area contributed by atoms with E-state index in [1.807, 2.05) is 0 Å². The number of benzene rings is 2. The number of carboxylic acids is 2. The summed E-state index contributed by atoms with van der Waals surface area (Å²) in [4.78, 5) is 20.5. The van der Waals surface area contributed by atoms with Gasteiger partial charge in [-0.2, -0.15) is 0 Å². The molecule has 0 aliphatic rings. The fourth-order valence-corrected chi connectivity index (χ4v) is 1.82. The molecule has 0 aliphatic heterocycles. The summed E-state index contributed by atoms with van der Waals surface area (Å²) < 4.78 is 4.93. The van der Waals surface area contributed by atoms with E-state index in [9.17, 15) is 9.59 Å². The Kier molecular flexibility index (Phi) is 7.63. The Labute approximate surface area is 139 Å². The number of hydrogen-bond acceptors (Lipinski definition) is 3. The van der Waals surface area contributed by atoms with E-state index in [0.717, 1.165) is 16.9 Å². The van der Waals surface area contributed by atoms with Crippen molar-refractivity contribution in [3.63, 3.8) is 0 Å². The number of aliphatic carboxylic acids is 2. The van der Waals surface area contributed by atoms with Gasteiger partial charge >= 0.3 is 11.9 Å². The molecular formula is C17H17ClO5. The van der Waals surface area contributed by atoms with Crippen LogP contribution < -0.4 is 4.74 Å². The lowest BCUT2D eigenvalue weighted by Gasteiger charge is -1.99. The lowest BCUT2D eigenvalue weighted by molar-refractivity contribution is -0.137. The van der Waals surface area contributed by atoms with E-state index in [1.54, 1.807) is 55.6 Å². The molecule has 0 saturated heterocycles. The molecule has 122 valence electrons. The van der Waals surface area contributed by atoms with Crippen molar-refractivity contribution < 1.29 is 24.5 Å². The second-order valence-electron chi connectivity index (χ2n) is 4.62. The van der Waals surface area contributed by atoms with E-state index in [4.69, 9.17) is 26.6 Å². The fraction of sp³-hybridized carbons (Fsp3) is 0.176. The van der Waals surface area contributed by atoms with Gasteiger partial charge in [-0.05, 0) is 35.4 Å². The molecule has 6 heteroatoms. The van der Waals surface area contributed by atoms with Crippen LogP contribution in [-0.2, 0) is 22.4 Å². The zero-order valence-electron chi connectivity index (χ0n) is 12.5. The van der Waals surface area contributed by atoms with E-state index in [1.165, 1.54) is 0 Å². The predicted octanol–water partition coefficient (Wildman–Crippen LogP) is 3.29. The Morgan fingerprint density at radius 3 is 1.61 bits per heavy atom. The maximum atomic E-state index is 10.3. The van der Waals surface area contributed by atoms with Crippen LogP contribution in [0.2, 0.25) is 5.02 Å². The molecule has 0 aliphatic carbocycles. The van der Waals surface area contributed by atoms with Crippen molar-refractivity contribution in [2.45, 2.75) is 12.8 Å². The third kappa shape index (κ3) is 7.87. The lowest BCUT2D eigenvalue weighted by atomic mass is 10.1. The normalized spacial score (nSPS) is 9.48. The van der Waals surface area contributed by atoms with Gasteiger partial charge in [0.05, 0.1) is 20.0 Å². The molecule has 0 unspecified atom stereocenters. The van der Waals surface area contributed by atoms with Gasteiger partial charge in [-0.1, -0.05) is 35.9 Å². The van der Waals surface area contributed by atoms with E-state index in [2.05, 4.69) is 0 Å². The number of methoxy groups -OCH3 is 1. The first-order valence-electron chi connectivity index (χ1n) is 6.71. The average Bonchev–Trinajstić information content (AvgIpc) is 2.50. The van der Waals surface area contributed by atoms with Crippen LogP contribution in [0.25, 0.3) is 0 Å². The minimum Gasteiger partial charge on any atom is -0.497 e. The summed E-state index contributed by atoms with van der Waals surface area (Å²) in [6, 6.07) is 13.8. The molecule has 2 aromatic carbocycles. The summed E-state index contributed by atoms with van der Waals surface area (Å²) in [6.45, 7) is 0. The highest BCUT2D eigenvalue weighted by molar-refractivity contribution is 6.30. The van der Waals surface area contributed by atoms with Gasteiger partial charge in [0.2, 0.25) is 0 Å². The number of ether oxygens (including phenoxy) is 1. The summed E-state index contributed by atoms with van der Waals surface area (Å²) in [5, 5.41) is 17.5. The van der Waals surface area contributed by atoms with Gasteiger partial charge in [0.15, 0.2) is 0 Å². The van der Waals surface area contributed by atoms with Gasteiger partial charge in [0.1, 0.15) is 5.75 Å². The standard InChI is InChI=1S/C9H10O3.C8H7ClO2/c1-12-8-4-2-7(3-5-8)6-9(10)11;9-7-3-1-6(2-4-7)5-8(10)11/h2-5H,6H2,1H3,(H,10,11);1-4H,5H2,(H,10,11). The Morgan fingerprint density at radius 2 is 1.26 bits per heavy atom. The Balaban J connectivity index is 0.000000231. The Morgan fingerprint density at radius 1 is 0.870 bits per heavy atom. The monoisotopic (exact) mass is 336 g/mol. The maximum Gasteiger partial charge on any atom is 0.307 e. The number of carbonyl (C=O) groups is 2. The van der Waals surface area contributed by atoms with Crippen molar-refractivity contribution in [3.05, 3.63) is 64.7 Å². The summed E-state index contributed by atoms with van der Waals surface area (Å²) in [5.74, 6) is -0.906. The Bertz CT molecular complexity index is 635. The fourth-order valence-electron chi connectivity index (χ4n) is 1.69. The molecule has 0 aromatic heterocycles. The summed E-state index contributed by atoms with van der Waals surface area (Å²) >= 11 is 5.60. The average molecular weight is 337 g/mol. The highest BCUT2D eigenvalue weighted by Crippen LogP contribution is 2.11. The minimum atomic E-state index is -0.827. The van der Waals surface area contributed by atoms with Gasteiger partial charge in [-0.25, -0.2) is 0 Å². The third-order valence-corrected chi connectivity index (χ3v) is 3.03. The van der Waals surface area contributed by atoms with Crippen LogP contribution in [0.4, 0.5) is 0 Å². The van der Waals surface area contributed by atoms with Crippen molar-refractivity contribution >= 4 is 23.5 Å². The molecule has 0 radical (unpaired) electrons. The largest absolute Gasteiger partial charge is 0.497 e. The van der Waals surface area contributed by atoms with Gasteiger partial charge in [-0.3, -0.25) is 9.59 Å². The molecule has 0 atom stereocenters. The number of hydrogen-bond donors (Lipinski definition) is 2. The van der Waals surface area contributed by atoms with Gasteiger partial charge in [-0.15, -0.1) is 0 Å². The summed E-state index contributed by atoms with van der Waals surface area (Å²) in [5.41, 5.74) is 1.55. The molecule has 0 fully saturated rings. The predicted molar refractivity (Wildman–Crippen MR) is 87.1 cm³/mol. The van der Waals surface area contributed by atoms with Crippen LogP contribution >= 0.6 is 11.6 Å². The van der Waals surface area contributed by atoms with Crippen LogP contribution in [0.3, 0.4) is 0 Å². The first kappa shape index (κ1) is 18.5. The van der Waals surface area contributed by atoms with Crippen LogP contribution in [-0.4, -0.2) is 29.3 Å². The van der Waals surface area contributed by atoms with Crippen molar-refractivity contribution in [1.29, 1.82) is 0 Å². The zero-order chi connectivity index (χ0) is 17.2. The highest BCUT2D eigenvalue weighted by atomic mass is 35.5. The number of carboxylic acid groups (broad SMARTS) is 2. The second kappa shape index (κ2) is 9.48. The topological polar surface area (TPSA) is 83.8 Å². The molecular weight excluding hydrogens is 320 g/mol. The summed E-state index contributed by atoms with van der Waals surface area (Å²) in [6.07, 6.45) is 0.112. The quantitative estimate of drug-likeness (QED) is 0.875. The molecule has 0 heterocycles. The van der Waals surface area contributed by atoms with Crippen LogP contribution in [0.15, 0.2) is 48.5 Å². The molecule has 0 spiro atoms. The maximum absolute atomic E-state index is 10.3. The SMILES string of the molecule is COc1ccc(CC(=O)O)cc1.O=C(O)Cc1ccc(Cl)cc1. The molecule has 5 nitrogen and oxygen atoms in total. The highest BCUT2D eigenvalue weighted by Gasteiger charge is 1.99. The van der Waals surface area contributed by atoms with Crippen molar-refractivity contribution in [2.24, 2.45) is 0 Å².